The molecule has 0 spiro atoms. The number of nitrogens with zero attached hydrogens (tertiary/aromatic N) is 4. The molecule has 0 aliphatic carbocycles. The lowest BCUT2D eigenvalue weighted by molar-refractivity contribution is 0.575. The average molecular weight is 394 g/mol. The molecule has 0 radical (unpaired) electrons. The fourth-order valence-electron chi connectivity index (χ4n) is 4.62. The van der Waals surface area contributed by atoms with Gasteiger partial charge in [0.15, 0.2) is 0 Å². The molecule has 6 heteroatoms. The Morgan fingerprint density at radius 2 is 1.97 bits per heavy atom. The van der Waals surface area contributed by atoms with Crippen molar-refractivity contribution >= 4 is 16.6 Å². The smallest absolute Gasteiger partial charge is 0.120 e. The second-order valence-corrected chi connectivity index (χ2v) is 8.21. The largest absolute Gasteiger partial charge is 0.307 e. The van der Waals surface area contributed by atoms with E-state index in [-0.39, 0.29) is 0 Å². The van der Waals surface area contributed by atoms with Gasteiger partial charge < -0.3 is 5.32 Å². The number of aromatic nitrogens is 5. The molecule has 0 saturated carbocycles. The second-order valence-electron chi connectivity index (χ2n) is 8.21. The molecule has 2 atom stereocenters. The maximum Gasteiger partial charge on any atom is 0.120 e. The fourth-order valence-corrected chi connectivity index (χ4v) is 4.62. The molecule has 0 unspecified atom stereocenters. The van der Waals surface area contributed by atoms with Crippen molar-refractivity contribution in [2.75, 3.05) is 0 Å². The maximum atomic E-state index is 4.94. The first-order valence-electron chi connectivity index (χ1n) is 10.4. The molecule has 148 valence electrons. The van der Waals surface area contributed by atoms with Crippen LogP contribution in [0.15, 0.2) is 54.9 Å². The van der Waals surface area contributed by atoms with Crippen LogP contribution in [-0.2, 0) is 0 Å². The topological polar surface area (TPSA) is 79.4 Å². The summed E-state index contributed by atoms with van der Waals surface area (Å²) in [5, 5.41) is 11.1. The Balaban J connectivity index is 1.41. The lowest BCUT2D eigenvalue weighted by Crippen LogP contribution is -2.31. The molecule has 6 rings (SSSR count). The Morgan fingerprint density at radius 1 is 1.00 bits per heavy atom. The molecule has 6 heterocycles. The number of fused-ring (bicyclic) bond motifs is 3. The summed E-state index contributed by atoms with van der Waals surface area (Å²) in [6.07, 6.45) is 9.79. The highest BCUT2D eigenvalue weighted by Crippen LogP contribution is 2.33. The zero-order valence-corrected chi connectivity index (χ0v) is 16.8. The third-order valence-electron chi connectivity index (χ3n) is 6.10. The number of aryl methyl sites for hydroxylation is 1. The van der Waals surface area contributed by atoms with Gasteiger partial charge in [-0.05, 0) is 67.7 Å². The van der Waals surface area contributed by atoms with E-state index in [2.05, 4.69) is 37.6 Å². The summed E-state index contributed by atoms with van der Waals surface area (Å²) in [5.74, 6) is 0. The Labute approximate surface area is 174 Å². The van der Waals surface area contributed by atoms with Gasteiger partial charge in [-0.15, -0.1) is 0 Å². The van der Waals surface area contributed by atoms with Crippen LogP contribution >= 0.6 is 0 Å². The number of hydrogen-bond donors (Lipinski definition) is 2. The van der Waals surface area contributed by atoms with Crippen molar-refractivity contribution in [1.29, 1.82) is 0 Å². The quantitative estimate of drug-likeness (QED) is 0.542. The highest BCUT2D eigenvalue weighted by molar-refractivity contribution is 5.84. The van der Waals surface area contributed by atoms with Crippen LogP contribution in [0.5, 0.6) is 0 Å². The molecule has 0 amide bonds. The van der Waals surface area contributed by atoms with Crippen LogP contribution in [0.25, 0.3) is 39.3 Å². The Kier molecular flexibility index (Phi) is 3.99. The van der Waals surface area contributed by atoms with E-state index in [1.807, 2.05) is 49.6 Å². The highest BCUT2D eigenvalue weighted by Gasteiger charge is 2.28. The summed E-state index contributed by atoms with van der Waals surface area (Å²) in [6, 6.07) is 13.3. The van der Waals surface area contributed by atoms with E-state index < -0.39 is 0 Å². The second kappa shape index (κ2) is 6.85. The minimum absolute atomic E-state index is 0.504. The third-order valence-corrected chi connectivity index (χ3v) is 6.10. The van der Waals surface area contributed by atoms with Crippen LogP contribution in [0.1, 0.15) is 30.5 Å². The van der Waals surface area contributed by atoms with E-state index in [1.165, 1.54) is 24.0 Å². The highest BCUT2D eigenvalue weighted by atomic mass is 15.1. The van der Waals surface area contributed by atoms with Gasteiger partial charge in [0, 0.05) is 35.7 Å². The number of nitrogens with one attached hydrogen (secondary N) is 2. The zero-order chi connectivity index (χ0) is 20.1. The van der Waals surface area contributed by atoms with E-state index in [0.29, 0.717) is 12.1 Å². The number of pyridine rings is 3. The fraction of sp³-hybridized carbons (Fsp3) is 0.250. The van der Waals surface area contributed by atoms with Crippen molar-refractivity contribution in [2.45, 2.75) is 38.3 Å². The van der Waals surface area contributed by atoms with Crippen molar-refractivity contribution in [2.24, 2.45) is 0 Å². The third kappa shape index (κ3) is 3.00. The van der Waals surface area contributed by atoms with Crippen LogP contribution in [0, 0.1) is 6.92 Å². The van der Waals surface area contributed by atoms with Gasteiger partial charge in [-0.2, -0.15) is 5.10 Å². The van der Waals surface area contributed by atoms with Crippen LogP contribution in [0.4, 0.5) is 0 Å². The summed E-state index contributed by atoms with van der Waals surface area (Å²) >= 11 is 0. The average Bonchev–Trinajstić information content (AvgIpc) is 3.39. The minimum atomic E-state index is 0.504. The lowest BCUT2D eigenvalue weighted by Gasteiger charge is -2.21. The van der Waals surface area contributed by atoms with Gasteiger partial charge in [0.25, 0.3) is 0 Å². The number of H-pyrrole nitrogens is 1. The van der Waals surface area contributed by atoms with Gasteiger partial charge in [-0.1, -0.05) is 12.1 Å². The Hall–Kier alpha value is -3.38. The lowest BCUT2D eigenvalue weighted by atomic mass is 9.97. The number of aromatic amines is 1. The minimum Gasteiger partial charge on any atom is -0.307 e. The van der Waals surface area contributed by atoms with Gasteiger partial charge >= 0.3 is 0 Å². The molecule has 2 N–H and O–H groups in total. The van der Waals surface area contributed by atoms with E-state index in [0.717, 1.165) is 45.8 Å². The Morgan fingerprint density at radius 3 is 2.87 bits per heavy atom. The van der Waals surface area contributed by atoms with E-state index in [9.17, 15) is 0 Å². The molecule has 30 heavy (non-hydrogen) atoms. The van der Waals surface area contributed by atoms with Crippen molar-refractivity contribution in [3.05, 3.63) is 66.1 Å². The standard InChI is InChI=1S/C24H22N6/c1-14-3-2-4-22(27-14)24-19(13-26-30-24)20-7-8-21-23(29-20)11-16(12-25-21)15-9-17-5-6-18(10-15)28-17/h2-4,7-9,11-13,17-18,28H,5-6,10H2,1H3,(H,26,30)/t17-,18+/m1/s1. The molecule has 4 aromatic heterocycles. The van der Waals surface area contributed by atoms with Crippen molar-refractivity contribution in [3.8, 4) is 22.6 Å². The van der Waals surface area contributed by atoms with Gasteiger partial charge in [0.1, 0.15) is 5.69 Å². The SMILES string of the molecule is Cc1cccc(-c2n[nH]cc2-c2ccc3ncc(C4=C[C@H]5CC[C@@H](C4)N5)cc3n2)n1. The number of hydrogen-bond acceptors (Lipinski definition) is 5. The van der Waals surface area contributed by atoms with Crippen LogP contribution < -0.4 is 5.32 Å². The van der Waals surface area contributed by atoms with Crippen LogP contribution in [0.2, 0.25) is 0 Å². The van der Waals surface area contributed by atoms with E-state index in [1.54, 1.807) is 0 Å². The van der Waals surface area contributed by atoms with E-state index in [4.69, 9.17) is 4.98 Å². The summed E-state index contributed by atoms with van der Waals surface area (Å²) in [5.41, 5.74) is 8.80. The van der Waals surface area contributed by atoms with Crippen molar-refractivity contribution in [3.63, 3.8) is 0 Å². The predicted octanol–water partition coefficient (Wildman–Crippen LogP) is 4.30. The molecule has 2 aliphatic rings. The summed E-state index contributed by atoms with van der Waals surface area (Å²) in [7, 11) is 0. The van der Waals surface area contributed by atoms with Crippen molar-refractivity contribution in [1.82, 2.24) is 30.5 Å². The van der Waals surface area contributed by atoms with Crippen molar-refractivity contribution < 1.29 is 0 Å². The molecular formula is C24H22N6. The molecule has 1 fully saturated rings. The van der Waals surface area contributed by atoms with Gasteiger partial charge in [0.05, 0.1) is 22.4 Å². The summed E-state index contributed by atoms with van der Waals surface area (Å²) < 4.78 is 0. The molecular weight excluding hydrogens is 372 g/mol. The molecule has 0 aromatic carbocycles. The van der Waals surface area contributed by atoms with E-state index >= 15 is 0 Å². The molecule has 6 nitrogen and oxygen atoms in total. The number of rotatable bonds is 3. The molecule has 2 bridgehead atoms. The molecule has 4 aromatic rings. The van der Waals surface area contributed by atoms with Crippen LogP contribution in [-0.4, -0.2) is 37.2 Å². The summed E-state index contributed by atoms with van der Waals surface area (Å²) in [6.45, 7) is 1.99. The maximum absolute atomic E-state index is 4.94. The normalized spacial score (nSPS) is 20.5. The predicted molar refractivity (Wildman–Crippen MR) is 118 cm³/mol. The molecule has 1 saturated heterocycles. The first-order valence-corrected chi connectivity index (χ1v) is 10.4. The summed E-state index contributed by atoms with van der Waals surface area (Å²) in [4.78, 5) is 14.2. The van der Waals surface area contributed by atoms with Gasteiger partial charge in [-0.25, -0.2) is 4.98 Å². The molecule has 2 aliphatic heterocycles. The van der Waals surface area contributed by atoms with Gasteiger partial charge in [-0.3, -0.25) is 15.1 Å². The monoisotopic (exact) mass is 394 g/mol. The first-order chi connectivity index (χ1) is 14.7. The first kappa shape index (κ1) is 17.5. The zero-order valence-electron chi connectivity index (χ0n) is 16.8. The Bertz CT molecular complexity index is 1290. The van der Waals surface area contributed by atoms with Gasteiger partial charge in [0.2, 0.25) is 0 Å². The van der Waals surface area contributed by atoms with Crippen LogP contribution in [0.3, 0.4) is 0 Å².